The number of nitrogens with one attached hydrogen (secondary N) is 1. The van der Waals surface area contributed by atoms with Gasteiger partial charge in [0.1, 0.15) is 6.54 Å². The number of para-hydroxylation sites is 1. The van der Waals surface area contributed by atoms with Gasteiger partial charge in [0.15, 0.2) is 0 Å². The maximum absolute atomic E-state index is 10.7. The van der Waals surface area contributed by atoms with Crippen LogP contribution in [0, 0.1) is 6.92 Å². The van der Waals surface area contributed by atoms with Gasteiger partial charge < -0.3 is 15.3 Å². The van der Waals surface area contributed by atoms with Crippen molar-refractivity contribution in [1.82, 2.24) is 0 Å². The molecule has 4 heteroatoms. The van der Waals surface area contributed by atoms with Gasteiger partial charge in [0.05, 0.1) is 11.4 Å². The number of carbonyl (C=O) groups is 1. The van der Waals surface area contributed by atoms with Gasteiger partial charge >= 0.3 is 5.97 Å². The molecule has 2 rings (SSSR count). The Morgan fingerprint density at radius 2 is 2.40 bits per heavy atom. The number of aryl methyl sites for hydroxylation is 1. The van der Waals surface area contributed by atoms with Crippen LogP contribution in [0.2, 0.25) is 0 Å². The van der Waals surface area contributed by atoms with Crippen LogP contribution in [0.4, 0.5) is 11.4 Å². The van der Waals surface area contributed by atoms with Crippen molar-refractivity contribution < 1.29 is 9.90 Å². The zero-order valence-electron chi connectivity index (χ0n) is 8.66. The SMILES string of the molecule is Cc1cccc2c1N(CC(=O)O)CCN2. The normalized spacial score (nSPS) is 14.3. The second kappa shape index (κ2) is 3.81. The van der Waals surface area contributed by atoms with Crippen LogP contribution >= 0.6 is 0 Å². The van der Waals surface area contributed by atoms with E-state index in [9.17, 15) is 4.79 Å². The van der Waals surface area contributed by atoms with Crippen LogP contribution in [0.15, 0.2) is 18.2 Å². The van der Waals surface area contributed by atoms with Crippen molar-refractivity contribution in [2.75, 3.05) is 29.9 Å². The molecule has 0 bridgehead atoms. The van der Waals surface area contributed by atoms with E-state index in [-0.39, 0.29) is 6.54 Å². The van der Waals surface area contributed by atoms with Crippen LogP contribution in [0.1, 0.15) is 5.56 Å². The summed E-state index contributed by atoms with van der Waals surface area (Å²) in [6.07, 6.45) is 0. The number of hydrogen-bond acceptors (Lipinski definition) is 3. The third-order valence-corrected chi connectivity index (χ3v) is 2.58. The van der Waals surface area contributed by atoms with Gasteiger partial charge in [0.2, 0.25) is 0 Å². The lowest BCUT2D eigenvalue weighted by Crippen LogP contribution is -2.38. The maximum atomic E-state index is 10.7. The summed E-state index contributed by atoms with van der Waals surface area (Å²) in [5.74, 6) is -0.786. The number of carboxylic acids is 1. The molecular formula is C11H14N2O2. The summed E-state index contributed by atoms with van der Waals surface area (Å²) in [7, 11) is 0. The first-order valence-corrected chi connectivity index (χ1v) is 4.98. The van der Waals surface area contributed by atoms with Crippen LogP contribution in [-0.4, -0.2) is 30.7 Å². The molecule has 0 amide bonds. The average molecular weight is 206 g/mol. The van der Waals surface area contributed by atoms with E-state index in [0.717, 1.165) is 30.0 Å². The summed E-state index contributed by atoms with van der Waals surface area (Å²) in [4.78, 5) is 12.6. The highest BCUT2D eigenvalue weighted by Gasteiger charge is 2.19. The number of rotatable bonds is 2. The zero-order valence-corrected chi connectivity index (χ0v) is 8.66. The molecule has 2 N–H and O–H groups in total. The largest absolute Gasteiger partial charge is 0.480 e. The second-order valence-corrected chi connectivity index (χ2v) is 3.71. The van der Waals surface area contributed by atoms with Crippen molar-refractivity contribution in [3.63, 3.8) is 0 Å². The van der Waals surface area contributed by atoms with Crippen LogP contribution in [0.3, 0.4) is 0 Å². The van der Waals surface area contributed by atoms with Gasteiger partial charge in [-0.1, -0.05) is 12.1 Å². The number of nitrogens with zero attached hydrogens (tertiary/aromatic N) is 1. The summed E-state index contributed by atoms with van der Waals surface area (Å²) in [5.41, 5.74) is 3.16. The molecule has 0 aromatic heterocycles. The molecule has 0 spiro atoms. The quantitative estimate of drug-likeness (QED) is 0.766. The first kappa shape index (κ1) is 9.83. The second-order valence-electron chi connectivity index (χ2n) is 3.71. The molecule has 1 aromatic rings. The fourth-order valence-corrected chi connectivity index (χ4v) is 1.98. The third-order valence-electron chi connectivity index (χ3n) is 2.58. The van der Waals surface area contributed by atoms with Crippen molar-refractivity contribution in [2.45, 2.75) is 6.92 Å². The smallest absolute Gasteiger partial charge is 0.323 e. The molecule has 1 heterocycles. The third kappa shape index (κ3) is 1.88. The van der Waals surface area contributed by atoms with Crippen molar-refractivity contribution in [3.8, 4) is 0 Å². The molecular weight excluding hydrogens is 192 g/mol. The molecule has 0 aliphatic carbocycles. The molecule has 1 aromatic carbocycles. The van der Waals surface area contributed by atoms with Crippen molar-refractivity contribution in [2.24, 2.45) is 0 Å². The van der Waals surface area contributed by atoms with E-state index in [1.54, 1.807) is 0 Å². The number of hydrogen-bond donors (Lipinski definition) is 2. The Bertz CT molecular complexity index is 390. The van der Waals surface area contributed by atoms with E-state index < -0.39 is 5.97 Å². The Kier molecular flexibility index (Phi) is 2.49. The Balaban J connectivity index is 2.36. The molecule has 0 saturated heterocycles. The average Bonchev–Trinajstić information content (AvgIpc) is 2.17. The summed E-state index contributed by atoms with van der Waals surface area (Å²) in [6.45, 7) is 3.61. The molecule has 0 unspecified atom stereocenters. The molecule has 15 heavy (non-hydrogen) atoms. The highest BCUT2D eigenvalue weighted by atomic mass is 16.4. The van der Waals surface area contributed by atoms with Gasteiger partial charge in [0.25, 0.3) is 0 Å². The molecule has 1 aliphatic heterocycles. The Labute approximate surface area is 88.5 Å². The topological polar surface area (TPSA) is 52.6 Å². The van der Waals surface area contributed by atoms with E-state index in [2.05, 4.69) is 5.32 Å². The molecule has 4 nitrogen and oxygen atoms in total. The number of anilines is 2. The first-order chi connectivity index (χ1) is 7.18. The van der Waals surface area contributed by atoms with Crippen LogP contribution in [-0.2, 0) is 4.79 Å². The van der Waals surface area contributed by atoms with Crippen molar-refractivity contribution in [3.05, 3.63) is 23.8 Å². The van der Waals surface area contributed by atoms with E-state index in [1.807, 2.05) is 30.0 Å². The van der Waals surface area contributed by atoms with Crippen molar-refractivity contribution in [1.29, 1.82) is 0 Å². The van der Waals surface area contributed by atoms with E-state index >= 15 is 0 Å². The monoisotopic (exact) mass is 206 g/mol. The minimum atomic E-state index is -0.786. The lowest BCUT2D eigenvalue weighted by Gasteiger charge is -2.32. The molecule has 0 fully saturated rings. The van der Waals surface area contributed by atoms with E-state index in [4.69, 9.17) is 5.11 Å². The molecule has 0 saturated carbocycles. The zero-order chi connectivity index (χ0) is 10.8. The summed E-state index contributed by atoms with van der Waals surface area (Å²) in [5, 5.41) is 12.1. The number of benzene rings is 1. The minimum absolute atomic E-state index is 0.0690. The fraction of sp³-hybridized carbons (Fsp3) is 0.364. The first-order valence-electron chi connectivity index (χ1n) is 4.98. The predicted molar refractivity (Wildman–Crippen MR) is 59.5 cm³/mol. The van der Waals surface area contributed by atoms with Crippen LogP contribution < -0.4 is 10.2 Å². The van der Waals surface area contributed by atoms with Gasteiger partial charge in [-0.05, 0) is 18.6 Å². The number of fused-ring (bicyclic) bond motifs is 1. The number of carboxylic acid groups (broad SMARTS) is 1. The van der Waals surface area contributed by atoms with E-state index in [0.29, 0.717) is 0 Å². The summed E-state index contributed by atoms with van der Waals surface area (Å²) >= 11 is 0. The number of aliphatic carboxylic acids is 1. The van der Waals surface area contributed by atoms with Gasteiger partial charge in [-0.3, -0.25) is 4.79 Å². The van der Waals surface area contributed by atoms with Crippen LogP contribution in [0.25, 0.3) is 0 Å². The molecule has 1 aliphatic rings. The Hall–Kier alpha value is -1.71. The van der Waals surface area contributed by atoms with Gasteiger partial charge in [-0.25, -0.2) is 0 Å². The highest BCUT2D eigenvalue weighted by molar-refractivity contribution is 5.81. The standard InChI is InChI=1S/C11H14N2O2/c1-8-3-2-4-9-11(8)13(6-5-12-9)7-10(14)15/h2-4,12H,5-7H2,1H3,(H,14,15). The molecule has 80 valence electrons. The van der Waals surface area contributed by atoms with Gasteiger partial charge in [-0.15, -0.1) is 0 Å². The Morgan fingerprint density at radius 3 is 3.13 bits per heavy atom. The highest BCUT2D eigenvalue weighted by Crippen LogP contribution is 2.31. The maximum Gasteiger partial charge on any atom is 0.323 e. The summed E-state index contributed by atoms with van der Waals surface area (Å²) in [6, 6.07) is 5.96. The van der Waals surface area contributed by atoms with Crippen molar-refractivity contribution >= 4 is 17.3 Å². The van der Waals surface area contributed by atoms with Gasteiger partial charge in [0, 0.05) is 13.1 Å². The summed E-state index contributed by atoms with van der Waals surface area (Å²) < 4.78 is 0. The minimum Gasteiger partial charge on any atom is -0.480 e. The van der Waals surface area contributed by atoms with E-state index in [1.165, 1.54) is 0 Å². The predicted octanol–water partition coefficient (Wildman–Crippen LogP) is 1.31. The Morgan fingerprint density at radius 1 is 1.60 bits per heavy atom. The van der Waals surface area contributed by atoms with Crippen LogP contribution in [0.5, 0.6) is 0 Å². The van der Waals surface area contributed by atoms with Gasteiger partial charge in [-0.2, -0.15) is 0 Å². The fourth-order valence-electron chi connectivity index (χ4n) is 1.98. The molecule has 0 atom stereocenters. The lowest BCUT2D eigenvalue weighted by molar-refractivity contribution is -0.135. The lowest BCUT2D eigenvalue weighted by atomic mass is 10.1. The molecule has 0 radical (unpaired) electrons.